The summed E-state index contributed by atoms with van der Waals surface area (Å²) in [5, 5.41) is 3.42. The molecular formula is C16H27NO2. The van der Waals surface area contributed by atoms with Crippen LogP contribution in [0.5, 0.6) is 0 Å². The van der Waals surface area contributed by atoms with E-state index in [4.69, 9.17) is 9.47 Å². The molecule has 0 aromatic carbocycles. The third-order valence-corrected chi connectivity index (χ3v) is 6.12. The highest BCUT2D eigenvalue weighted by molar-refractivity contribution is 4.94. The van der Waals surface area contributed by atoms with Gasteiger partial charge >= 0.3 is 0 Å². The average Bonchev–Trinajstić information content (AvgIpc) is 3.13. The van der Waals surface area contributed by atoms with Crippen LogP contribution in [0.1, 0.15) is 44.9 Å². The minimum Gasteiger partial charge on any atom is -0.375 e. The summed E-state index contributed by atoms with van der Waals surface area (Å²) in [4.78, 5) is 0. The summed E-state index contributed by atoms with van der Waals surface area (Å²) in [6.07, 6.45) is 9.73. The van der Waals surface area contributed by atoms with E-state index >= 15 is 0 Å². The van der Waals surface area contributed by atoms with E-state index in [1.54, 1.807) is 0 Å². The third kappa shape index (κ3) is 2.45. The fourth-order valence-electron chi connectivity index (χ4n) is 4.98. The van der Waals surface area contributed by atoms with E-state index in [-0.39, 0.29) is 5.60 Å². The van der Waals surface area contributed by atoms with Gasteiger partial charge in [0.1, 0.15) is 0 Å². The van der Waals surface area contributed by atoms with E-state index in [0.717, 1.165) is 50.5 Å². The van der Waals surface area contributed by atoms with Crippen molar-refractivity contribution in [3.63, 3.8) is 0 Å². The monoisotopic (exact) mass is 265 g/mol. The summed E-state index contributed by atoms with van der Waals surface area (Å²) in [7, 11) is 0. The van der Waals surface area contributed by atoms with Crippen LogP contribution in [0.25, 0.3) is 0 Å². The Morgan fingerprint density at radius 2 is 2.05 bits per heavy atom. The topological polar surface area (TPSA) is 30.5 Å². The molecule has 2 bridgehead atoms. The van der Waals surface area contributed by atoms with Crippen LogP contribution in [0.3, 0.4) is 0 Å². The smallest absolute Gasteiger partial charge is 0.0836 e. The Morgan fingerprint density at radius 3 is 2.79 bits per heavy atom. The molecule has 3 heteroatoms. The molecule has 108 valence electrons. The van der Waals surface area contributed by atoms with E-state index in [1.807, 2.05) is 0 Å². The standard InChI is InChI=1S/C16H27NO2/c1-2-13-7-12(1)8-14(13)10-18-15-9-16(19-11-15)3-5-17-6-4-16/h12-15,17H,1-11H2. The van der Waals surface area contributed by atoms with Gasteiger partial charge in [-0.3, -0.25) is 0 Å². The molecule has 4 fully saturated rings. The Hall–Kier alpha value is -0.120. The van der Waals surface area contributed by atoms with Crippen molar-refractivity contribution in [1.29, 1.82) is 0 Å². The molecule has 1 N–H and O–H groups in total. The van der Waals surface area contributed by atoms with Crippen molar-refractivity contribution in [3.8, 4) is 0 Å². The second-order valence-corrected chi connectivity index (χ2v) is 7.34. The first-order valence-corrected chi connectivity index (χ1v) is 8.29. The first-order chi connectivity index (χ1) is 9.33. The van der Waals surface area contributed by atoms with Crippen LogP contribution in [0.2, 0.25) is 0 Å². The highest BCUT2D eigenvalue weighted by atomic mass is 16.6. The molecule has 0 aromatic rings. The number of piperidine rings is 1. The van der Waals surface area contributed by atoms with Crippen LogP contribution in [0.15, 0.2) is 0 Å². The molecule has 2 aliphatic heterocycles. The number of ether oxygens (including phenoxy) is 2. The van der Waals surface area contributed by atoms with Gasteiger partial charge in [0.25, 0.3) is 0 Å². The molecule has 2 saturated carbocycles. The minimum absolute atomic E-state index is 0.157. The predicted octanol–water partition coefficient (Wildman–Crippen LogP) is 2.35. The molecule has 2 saturated heterocycles. The fraction of sp³-hybridized carbons (Fsp3) is 1.00. The number of nitrogens with one attached hydrogen (secondary N) is 1. The Bertz CT molecular complexity index is 327. The van der Waals surface area contributed by atoms with E-state index in [0.29, 0.717) is 6.10 Å². The highest BCUT2D eigenvalue weighted by Gasteiger charge is 2.43. The van der Waals surface area contributed by atoms with Crippen LogP contribution in [-0.4, -0.2) is 38.0 Å². The fourth-order valence-corrected chi connectivity index (χ4v) is 4.98. The molecule has 3 nitrogen and oxygen atoms in total. The van der Waals surface area contributed by atoms with Gasteiger partial charge < -0.3 is 14.8 Å². The number of hydrogen-bond donors (Lipinski definition) is 1. The molecule has 0 radical (unpaired) electrons. The van der Waals surface area contributed by atoms with Gasteiger partial charge in [-0.15, -0.1) is 0 Å². The summed E-state index contributed by atoms with van der Waals surface area (Å²) in [5.41, 5.74) is 0.157. The van der Waals surface area contributed by atoms with Crippen LogP contribution in [0, 0.1) is 17.8 Å². The average molecular weight is 265 g/mol. The normalized spacial score (nSPS) is 44.2. The molecule has 4 rings (SSSR count). The highest BCUT2D eigenvalue weighted by Crippen LogP contribution is 2.48. The molecule has 1 spiro atoms. The Kier molecular flexibility index (Phi) is 3.33. The lowest BCUT2D eigenvalue weighted by atomic mass is 9.88. The van der Waals surface area contributed by atoms with Gasteiger partial charge in [-0.1, -0.05) is 6.42 Å². The zero-order valence-electron chi connectivity index (χ0n) is 11.9. The maximum absolute atomic E-state index is 6.22. The van der Waals surface area contributed by atoms with Gasteiger partial charge in [-0.2, -0.15) is 0 Å². The van der Waals surface area contributed by atoms with Gasteiger partial charge in [0, 0.05) is 6.42 Å². The molecule has 0 amide bonds. The van der Waals surface area contributed by atoms with Gasteiger partial charge in [-0.05, 0) is 62.9 Å². The van der Waals surface area contributed by atoms with E-state index in [1.165, 1.54) is 38.5 Å². The molecule has 2 aliphatic carbocycles. The zero-order valence-corrected chi connectivity index (χ0v) is 11.9. The SMILES string of the molecule is C1CC2(CCN1)CC(OCC1CC3CCC1C3)CO2. The second-order valence-electron chi connectivity index (χ2n) is 7.34. The Morgan fingerprint density at radius 1 is 1.16 bits per heavy atom. The van der Waals surface area contributed by atoms with Crippen molar-refractivity contribution < 1.29 is 9.47 Å². The molecular weight excluding hydrogens is 238 g/mol. The first kappa shape index (κ1) is 12.6. The van der Waals surface area contributed by atoms with Crippen molar-refractivity contribution in [2.45, 2.75) is 56.7 Å². The van der Waals surface area contributed by atoms with Crippen molar-refractivity contribution in [2.24, 2.45) is 17.8 Å². The third-order valence-electron chi connectivity index (χ3n) is 6.12. The van der Waals surface area contributed by atoms with Crippen LogP contribution in [0.4, 0.5) is 0 Å². The van der Waals surface area contributed by atoms with E-state index in [9.17, 15) is 0 Å². The summed E-state index contributed by atoms with van der Waals surface area (Å²) in [6, 6.07) is 0. The van der Waals surface area contributed by atoms with Gasteiger partial charge in [0.2, 0.25) is 0 Å². The zero-order chi connectivity index (χ0) is 12.7. The molecule has 0 aromatic heterocycles. The minimum atomic E-state index is 0.157. The number of fused-ring (bicyclic) bond motifs is 2. The van der Waals surface area contributed by atoms with Crippen LogP contribution >= 0.6 is 0 Å². The van der Waals surface area contributed by atoms with E-state index in [2.05, 4.69) is 5.32 Å². The van der Waals surface area contributed by atoms with Gasteiger partial charge in [0.05, 0.1) is 24.9 Å². The maximum atomic E-state index is 6.22. The van der Waals surface area contributed by atoms with Crippen molar-refractivity contribution >= 4 is 0 Å². The van der Waals surface area contributed by atoms with Crippen molar-refractivity contribution in [1.82, 2.24) is 5.32 Å². The van der Waals surface area contributed by atoms with Gasteiger partial charge in [0.15, 0.2) is 0 Å². The summed E-state index contributed by atoms with van der Waals surface area (Å²) in [6.45, 7) is 4.06. The van der Waals surface area contributed by atoms with Crippen molar-refractivity contribution in [3.05, 3.63) is 0 Å². The summed E-state index contributed by atoms with van der Waals surface area (Å²) >= 11 is 0. The quantitative estimate of drug-likeness (QED) is 0.849. The van der Waals surface area contributed by atoms with Gasteiger partial charge in [-0.25, -0.2) is 0 Å². The Labute approximate surface area is 116 Å². The lowest BCUT2D eigenvalue weighted by molar-refractivity contribution is -0.0257. The van der Waals surface area contributed by atoms with Crippen LogP contribution in [-0.2, 0) is 9.47 Å². The van der Waals surface area contributed by atoms with E-state index < -0.39 is 0 Å². The Balaban J connectivity index is 1.26. The summed E-state index contributed by atoms with van der Waals surface area (Å²) in [5.74, 6) is 2.89. The molecule has 4 aliphatic rings. The lowest BCUT2D eigenvalue weighted by Gasteiger charge is -2.32. The molecule has 19 heavy (non-hydrogen) atoms. The lowest BCUT2D eigenvalue weighted by Crippen LogP contribution is -2.41. The predicted molar refractivity (Wildman–Crippen MR) is 74.1 cm³/mol. The van der Waals surface area contributed by atoms with Crippen molar-refractivity contribution in [2.75, 3.05) is 26.3 Å². The summed E-state index contributed by atoms with van der Waals surface area (Å²) < 4.78 is 12.3. The maximum Gasteiger partial charge on any atom is 0.0836 e. The molecule has 2 heterocycles. The molecule has 4 unspecified atom stereocenters. The largest absolute Gasteiger partial charge is 0.375 e. The number of hydrogen-bond acceptors (Lipinski definition) is 3. The second kappa shape index (κ2) is 5.01. The van der Waals surface area contributed by atoms with Crippen LogP contribution < -0.4 is 5.32 Å². The number of rotatable bonds is 3. The first-order valence-electron chi connectivity index (χ1n) is 8.29. The molecule has 4 atom stereocenters.